The Morgan fingerprint density at radius 3 is 2.05 bits per heavy atom. The molecule has 17 heteroatoms. The minimum atomic E-state index is -3.91. The highest BCUT2D eigenvalue weighted by Crippen LogP contribution is 2.18. The zero-order valence-electron chi connectivity index (χ0n) is 23.5. The molecule has 0 atom stereocenters. The number of methoxy groups -OCH3 is 1. The second-order valence-corrected chi connectivity index (χ2v) is 12.9. The smallest absolute Gasteiger partial charge is 0.409 e. The molecular formula is C27H31N7O8S2. The lowest BCUT2D eigenvalue weighted by Gasteiger charge is -2.35. The van der Waals surface area contributed by atoms with Gasteiger partial charge in [-0.05, 0) is 54.1 Å². The number of urea groups is 1. The molecule has 0 aromatic heterocycles. The zero-order valence-corrected chi connectivity index (χ0v) is 25.1. The van der Waals surface area contributed by atoms with Gasteiger partial charge < -0.3 is 30.4 Å². The lowest BCUT2D eigenvalue weighted by atomic mass is 10.1. The second-order valence-electron chi connectivity index (χ2n) is 9.57. The Morgan fingerprint density at radius 1 is 0.864 bits per heavy atom. The van der Waals surface area contributed by atoms with E-state index in [-0.39, 0.29) is 22.2 Å². The minimum Gasteiger partial charge on any atom is -0.453 e. The maximum absolute atomic E-state index is 12.7. The monoisotopic (exact) mass is 645 g/mol. The number of rotatable bonds is 8. The average molecular weight is 646 g/mol. The number of piperazine rings is 1. The van der Waals surface area contributed by atoms with E-state index in [1.165, 1.54) is 55.6 Å². The van der Waals surface area contributed by atoms with Crippen LogP contribution in [-0.4, -0.2) is 83.1 Å². The van der Waals surface area contributed by atoms with Crippen molar-refractivity contribution in [1.29, 1.82) is 0 Å². The summed E-state index contributed by atoms with van der Waals surface area (Å²) in [5.74, 6) is 0.282. The molecule has 1 aliphatic heterocycles. The highest BCUT2D eigenvalue weighted by molar-refractivity contribution is 7.89. The van der Waals surface area contributed by atoms with Crippen molar-refractivity contribution < 1.29 is 36.4 Å². The van der Waals surface area contributed by atoms with Crippen LogP contribution in [0.25, 0.3) is 0 Å². The van der Waals surface area contributed by atoms with Crippen molar-refractivity contribution in [2.45, 2.75) is 16.3 Å². The van der Waals surface area contributed by atoms with Crippen LogP contribution in [0.2, 0.25) is 0 Å². The van der Waals surface area contributed by atoms with Crippen LogP contribution in [0.15, 0.2) is 87.7 Å². The van der Waals surface area contributed by atoms with Crippen LogP contribution in [0.4, 0.5) is 21.0 Å². The highest BCUT2D eigenvalue weighted by atomic mass is 32.2. The number of nitrogens with zero attached hydrogens (tertiary/aromatic N) is 3. The lowest BCUT2D eigenvalue weighted by molar-refractivity contribution is 0.105. The Hall–Kier alpha value is -4.71. The number of carbonyl (C=O) groups is 2. The van der Waals surface area contributed by atoms with Gasteiger partial charge in [-0.15, -0.1) is 0 Å². The number of sulfonamides is 2. The summed E-state index contributed by atoms with van der Waals surface area (Å²) in [5.41, 5.74) is 1.81. The van der Waals surface area contributed by atoms with Crippen molar-refractivity contribution in [2.75, 3.05) is 43.9 Å². The van der Waals surface area contributed by atoms with Crippen molar-refractivity contribution in [3.05, 3.63) is 83.9 Å². The van der Waals surface area contributed by atoms with E-state index in [2.05, 4.69) is 20.5 Å². The van der Waals surface area contributed by atoms with Gasteiger partial charge in [0, 0.05) is 49.7 Å². The van der Waals surface area contributed by atoms with Gasteiger partial charge in [0.25, 0.3) is 0 Å². The molecule has 15 nitrogen and oxygen atoms in total. The summed E-state index contributed by atoms with van der Waals surface area (Å²) in [4.78, 5) is 27.6. The molecule has 1 saturated heterocycles. The molecule has 1 fully saturated rings. The molecule has 3 aromatic rings. The maximum Gasteiger partial charge on any atom is 0.409 e. The summed E-state index contributed by atoms with van der Waals surface area (Å²) in [5, 5.41) is 23.5. The number of benzene rings is 3. The van der Waals surface area contributed by atoms with Crippen LogP contribution in [-0.2, 0) is 31.3 Å². The van der Waals surface area contributed by atoms with Gasteiger partial charge in [-0.3, -0.25) is 0 Å². The highest BCUT2D eigenvalue weighted by Gasteiger charge is 2.25. The summed E-state index contributed by atoms with van der Waals surface area (Å²) in [6.45, 7) is 1.53. The number of amidine groups is 1. The van der Waals surface area contributed by atoms with E-state index in [0.717, 1.165) is 0 Å². The first kappa shape index (κ1) is 32.2. The molecule has 1 heterocycles. The Labute approximate surface area is 254 Å². The van der Waals surface area contributed by atoms with E-state index in [1.54, 1.807) is 29.2 Å². The number of nitrogens with one attached hydrogen (secondary N) is 3. The molecule has 0 bridgehead atoms. The minimum absolute atomic E-state index is 0.0412. The van der Waals surface area contributed by atoms with Gasteiger partial charge in [0.15, 0.2) is 5.84 Å². The number of nitrogens with two attached hydrogens (primary N) is 1. The molecule has 3 amide bonds. The number of carbonyl (C=O) groups excluding carboxylic acids is 2. The van der Waals surface area contributed by atoms with Crippen LogP contribution in [0.1, 0.15) is 11.1 Å². The Bertz CT molecular complexity index is 1740. The van der Waals surface area contributed by atoms with Crippen LogP contribution in [0, 0.1) is 0 Å². The van der Waals surface area contributed by atoms with E-state index in [1.807, 2.05) is 4.90 Å². The average Bonchev–Trinajstić information content (AvgIpc) is 3.00. The van der Waals surface area contributed by atoms with Gasteiger partial charge in [0.1, 0.15) is 0 Å². The van der Waals surface area contributed by atoms with Crippen LogP contribution >= 0.6 is 0 Å². The first-order valence-electron chi connectivity index (χ1n) is 13.1. The quantitative estimate of drug-likeness (QED) is 0.105. The number of amides is 3. The standard InChI is InChI=1S/C27H31N7O8S2/c1-42-27(36)34-15-13-33(14-16-34)25(32-37)20-3-2-4-22(17-20)31-26(35)30-21-7-11-24(12-8-21)44(40,41)29-18-19-5-9-23(10-6-19)43(28,38)39/h2-12,17,29,37H,13-16,18H2,1H3,(H2,28,38,39)(H2,30,31,35)/b32-25+. The number of primary sulfonamides is 1. The SMILES string of the molecule is COC(=O)N1CCN(/C(=N/O)c2cccc(NC(=O)Nc3ccc(S(=O)(=O)NCc4ccc(S(N)(=O)=O)cc4)cc3)c2)CC1. The zero-order chi connectivity index (χ0) is 31.9. The molecule has 44 heavy (non-hydrogen) atoms. The van der Waals surface area contributed by atoms with E-state index >= 15 is 0 Å². The van der Waals surface area contributed by atoms with Gasteiger partial charge in [-0.25, -0.2) is 36.3 Å². The third-order valence-corrected chi connectivity index (χ3v) is 8.97. The van der Waals surface area contributed by atoms with Crippen LogP contribution in [0.5, 0.6) is 0 Å². The predicted molar refractivity (Wildman–Crippen MR) is 161 cm³/mol. The van der Waals surface area contributed by atoms with Gasteiger partial charge >= 0.3 is 12.1 Å². The molecule has 234 valence electrons. The summed E-state index contributed by atoms with van der Waals surface area (Å²) < 4.78 is 55.4. The summed E-state index contributed by atoms with van der Waals surface area (Å²) in [6, 6.07) is 17.1. The molecule has 0 aliphatic carbocycles. The number of hydrogen-bond donors (Lipinski definition) is 5. The topological polar surface area (TPSA) is 213 Å². The molecule has 4 rings (SSSR count). The van der Waals surface area contributed by atoms with Gasteiger partial charge in [-0.1, -0.05) is 29.4 Å². The Kier molecular flexibility index (Phi) is 10.0. The van der Waals surface area contributed by atoms with E-state index in [9.17, 15) is 31.6 Å². The third-order valence-electron chi connectivity index (χ3n) is 6.63. The number of ether oxygens (including phenoxy) is 1. The molecule has 1 aliphatic rings. The first-order chi connectivity index (χ1) is 20.9. The fraction of sp³-hybridized carbons (Fsp3) is 0.222. The predicted octanol–water partition coefficient (Wildman–Crippen LogP) is 1.98. The molecule has 0 radical (unpaired) electrons. The molecule has 0 spiro atoms. The van der Waals surface area contributed by atoms with Crippen molar-refractivity contribution in [3.63, 3.8) is 0 Å². The Morgan fingerprint density at radius 2 is 1.45 bits per heavy atom. The van der Waals surface area contributed by atoms with Crippen LogP contribution < -0.4 is 20.5 Å². The van der Waals surface area contributed by atoms with Crippen molar-refractivity contribution >= 4 is 49.4 Å². The third kappa shape index (κ3) is 8.22. The van der Waals surface area contributed by atoms with E-state index in [0.29, 0.717) is 48.7 Å². The second kappa shape index (κ2) is 13.7. The number of anilines is 2. The molecule has 0 saturated carbocycles. The summed E-state index contributed by atoms with van der Waals surface area (Å²) in [6.07, 6.45) is -0.426. The fourth-order valence-corrected chi connectivity index (χ4v) is 5.87. The summed E-state index contributed by atoms with van der Waals surface area (Å²) >= 11 is 0. The summed E-state index contributed by atoms with van der Waals surface area (Å²) in [7, 11) is -6.45. The van der Waals surface area contributed by atoms with Gasteiger partial charge in [0.2, 0.25) is 20.0 Å². The molecule has 0 unspecified atom stereocenters. The first-order valence-corrected chi connectivity index (χ1v) is 16.1. The number of oxime groups is 1. The lowest BCUT2D eigenvalue weighted by Crippen LogP contribution is -2.50. The Balaban J connectivity index is 1.32. The van der Waals surface area contributed by atoms with Crippen molar-refractivity contribution in [1.82, 2.24) is 14.5 Å². The normalized spacial score (nSPS) is 14.2. The number of hydrogen-bond acceptors (Lipinski definition) is 9. The largest absolute Gasteiger partial charge is 0.453 e. The van der Waals surface area contributed by atoms with Gasteiger partial charge in [0.05, 0.1) is 16.9 Å². The van der Waals surface area contributed by atoms with Crippen molar-refractivity contribution in [2.24, 2.45) is 10.3 Å². The fourth-order valence-electron chi connectivity index (χ4n) is 4.34. The van der Waals surface area contributed by atoms with Gasteiger partial charge in [-0.2, -0.15) is 0 Å². The molecular weight excluding hydrogens is 614 g/mol. The van der Waals surface area contributed by atoms with E-state index < -0.39 is 32.2 Å². The maximum atomic E-state index is 12.7. The van der Waals surface area contributed by atoms with E-state index in [4.69, 9.17) is 9.88 Å². The molecule has 3 aromatic carbocycles. The van der Waals surface area contributed by atoms with Crippen LogP contribution in [0.3, 0.4) is 0 Å². The van der Waals surface area contributed by atoms with Crippen molar-refractivity contribution in [3.8, 4) is 0 Å². The molecule has 6 N–H and O–H groups in total.